The van der Waals surface area contributed by atoms with Crippen LogP contribution < -0.4 is 5.32 Å². The molecule has 0 radical (unpaired) electrons. The minimum Gasteiger partial charge on any atom is -0.380 e. The number of aromatic nitrogens is 1. The maximum Gasteiger partial charge on any atom is 0.0529 e. The first kappa shape index (κ1) is 13.6. The number of hydrogen-bond donors (Lipinski definition) is 1. The monoisotopic (exact) mass is 254 g/mol. The molecule has 100 valence electrons. The van der Waals surface area contributed by atoms with E-state index in [1.54, 1.807) is 6.20 Å². The molecule has 0 aliphatic carbocycles. The molecule has 2 rings (SSSR count). The second-order valence-corrected chi connectivity index (χ2v) is 4.87. The molecule has 0 atom stereocenters. The van der Waals surface area contributed by atoms with Gasteiger partial charge < -0.3 is 5.32 Å². The number of hydrogen-bond acceptors (Lipinski definition) is 2. The SMILES string of the molecule is CCCCCc1ccc(CNc2cccnc2)cc1. The highest BCUT2D eigenvalue weighted by atomic mass is 14.9. The van der Waals surface area contributed by atoms with Crippen LogP contribution in [0.4, 0.5) is 5.69 Å². The fourth-order valence-electron chi connectivity index (χ4n) is 2.07. The van der Waals surface area contributed by atoms with E-state index in [9.17, 15) is 0 Å². The molecule has 19 heavy (non-hydrogen) atoms. The van der Waals surface area contributed by atoms with Crippen molar-refractivity contribution in [3.63, 3.8) is 0 Å². The summed E-state index contributed by atoms with van der Waals surface area (Å²) in [6.45, 7) is 3.09. The molecule has 2 nitrogen and oxygen atoms in total. The molecule has 0 amide bonds. The van der Waals surface area contributed by atoms with Crippen LogP contribution >= 0.6 is 0 Å². The highest BCUT2D eigenvalue weighted by Crippen LogP contribution is 2.11. The van der Waals surface area contributed by atoms with E-state index in [1.807, 2.05) is 18.3 Å². The second-order valence-electron chi connectivity index (χ2n) is 4.87. The summed E-state index contributed by atoms with van der Waals surface area (Å²) >= 11 is 0. The zero-order valence-electron chi connectivity index (χ0n) is 11.6. The van der Waals surface area contributed by atoms with E-state index in [1.165, 1.54) is 36.8 Å². The number of benzene rings is 1. The largest absolute Gasteiger partial charge is 0.380 e. The number of rotatable bonds is 7. The Morgan fingerprint density at radius 3 is 2.47 bits per heavy atom. The van der Waals surface area contributed by atoms with Crippen LogP contribution in [0.1, 0.15) is 37.3 Å². The molecule has 1 aromatic carbocycles. The highest BCUT2D eigenvalue weighted by molar-refractivity contribution is 5.40. The van der Waals surface area contributed by atoms with Crippen LogP contribution in [-0.2, 0) is 13.0 Å². The van der Waals surface area contributed by atoms with Gasteiger partial charge in [-0.2, -0.15) is 0 Å². The topological polar surface area (TPSA) is 24.9 Å². The van der Waals surface area contributed by atoms with Crippen molar-refractivity contribution in [1.82, 2.24) is 4.98 Å². The molecule has 2 heteroatoms. The van der Waals surface area contributed by atoms with Gasteiger partial charge in [0.2, 0.25) is 0 Å². The number of nitrogens with one attached hydrogen (secondary N) is 1. The Bertz CT molecular complexity index is 462. The van der Waals surface area contributed by atoms with Gasteiger partial charge in [-0.25, -0.2) is 0 Å². The van der Waals surface area contributed by atoms with Gasteiger partial charge in [0.25, 0.3) is 0 Å². The number of aryl methyl sites for hydroxylation is 1. The third-order valence-corrected chi connectivity index (χ3v) is 3.25. The summed E-state index contributed by atoms with van der Waals surface area (Å²) in [5.41, 5.74) is 3.82. The van der Waals surface area contributed by atoms with E-state index >= 15 is 0 Å². The van der Waals surface area contributed by atoms with E-state index in [4.69, 9.17) is 0 Å². The Kier molecular flexibility index (Phi) is 5.42. The molecular formula is C17H22N2. The fourth-order valence-corrected chi connectivity index (χ4v) is 2.07. The summed E-state index contributed by atoms with van der Waals surface area (Å²) in [7, 11) is 0. The predicted molar refractivity (Wildman–Crippen MR) is 81.2 cm³/mol. The van der Waals surface area contributed by atoms with E-state index in [2.05, 4.69) is 41.5 Å². The zero-order chi connectivity index (χ0) is 13.3. The van der Waals surface area contributed by atoms with Crippen molar-refractivity contribution in [2.24, 2.45) is 0 Å². The lowest BCUT2D eigenvalue weighted by molar-refractivity contribution is 0.717. The smallest absolute Gasteiger partial charge is 0.0529 e. The van der Waals surface area contributed by atoms with Gasteiger partial charge in [0.1, 0.15) is 0 Å². The predicted octanol–water partition coefficient (Wildman–Crippen LogP) is 4.43. The number of pyridine rings is 1. The highest BCUT2D eigenvalue weighted by Gasteiger charge is 1.96. The van der Waals surface area contributed by atoms with Crippen LogP contribution in [0.25, 0.3) is 0 Å². The molecule has 0 bridgehead atoms. The Balaban J connectivity index is 1.81. The van der Waals surface area contributed by atoms with Gasteiger partial charge in [-0.05, 0) is 36.1 Å². The summed E-state index contributed by atoms with van der Waals surface area (Å²) in [4.78, 5) is 4.09. The van der Waals surface area contributed by atoms with Crippen molar-refractivity contribution in [2.45, 2.75) is 39.2 Å². The Morgan fingerprint density at radius 2 is 1.79 bits per heavy atom. The normalized spacial score (nSPS) is 10.4. The lowest BCUT2D eigenvalue weighted by atomic mass is 10.1. The first-order valence-electron chi connectivity index (χ1n) is 7.10. The molecule has 0 fully saturated rings. The summed E-state index contributed by atoms with van der Waals surface area (Å²) in [5.74, 6) is 0. The van der Waals surface area contributed by atoms with Crippen LogP contribution in [-0.4, -0.2) is 4.98 Å². The van der Waals surface area contributed by atoms with Gasteiger partial charge in [-0.3, -0.25) is 4.98 Å². The van der Waals surface area contributed by atoms with Gasteiger partial charge in [-0.15, -0.1) is 0 Å². The van der Waals surface area contributed by atoms with E-state index in [0.29, 0.717) is 0 Å². The van der Waals surface area contributed by atoms with Crippen molar-refractivity contribution >= 4 is 5.69 Å². The van der Waals surface area contributed by atoms with Crippen LogP contribution in [0.3, 0.4) is 0 Å². The molecule has 0 spiro atoms. The summed E-state index contributed by atoms with van der Waals surface area (Å²) in [6, 6.07) is 12.9. The lowest BCUT2D eigenvalue weighted by Crippen LogP contribution is -1.99. The average Bonchev–Trinajstić information content (AvgIpc) is 2.48. The molecule has 0 aliphatic rings. The molecular weight excluding hydrogens is 232 g/mol. The third kappa shape index (κ3) is 4.74. The zero-order valence-corrected chi connectivity index (χ0v) is 11.6. The second kappa shape index (κ2) is 7.57. The van der Waals surface area contributed by atoms with E-state index in [0.717, 1.165) is 12.2 Å². The molecule has 2 aromatic rings. The van der Waals surface area contributed by atoms with Crippen LogP contribution in [0.2, 0.25) is 0 Å². The van der Waals surface area contributed by atoms with Crippen molar-refractivity contribution < 1.29 is 0 Å². The standard InChI is InChI=1S/C17H22N2/c1-2-3-4-6-15-8-10-16(11-9-15)13-19-17-7-5-12-18-14-17/h5,7-12,14,19H,2-4,6,13H2,1H3. The summed E-state index contributed by atoms with van der Waals surface area (Å²) in [6.07, 6.45) is 8.74. The first-order chi connectivity index (χ1) is 9.38. The molecule has 0 saturated heterocycles. The van der Waals surface area contributed by atoms with E-state index in [-0.39, 0.29) is 0 Å². The van der Waals surface area contributed by atoms with Gasteiger partial charge in [-0.1, -0.05) is 44.0 Å². The molecule has 0 aliphatic heterocycles. The van der Waals surface area contributed by atoms with Crippen LogP contribution in [0.15, 0.2) is 48.8 Å². The molecule has 1 heterocycles. The summed E-state index contributed by atoms with van der Waals surface area (Å²) < 4.78 is 0. The van der Waals surface area contributed by atoms with Gasteiger partial charge in [0.15, 0.2) is 0 Å². The maximum atomic E-state index is 4.09. The lowest BCUT2D eigenvalue weighted by Gasteiger charge is -2.07. The number of nitrogens with zero attached hydrogens (tertiary/aromatic N) is 1. The minimum absolute atomic E-state index is 0.848. The van der Waals surface area contributed by atoms with Gasteiger partial charge in [0.05, 0.1) is 5.69 Å². The molecule has 1 N–H and O–H groups in total. The van der Waals surface area contributed by atoms with E-state index < -0.39 is 0 Å². The first-order valence-corrected chi connectivity index (χ1v) is 7.10. The Hall–Kier alpha value is -1.83. The van der Waals surface area contributed by atoms with Crippen molar-refractivity contribution in [2.75, 3.05) is 5.32 Å². The van der Waals surface area contributed by atoms with Crippen molar-refractivity contribution in [3.8, 4) is 0 Å². The maximum absolute atomic E-state index is 4.09. The number of anilines is 1. The van der Waals surface area contributed by atoms with Crippen LogP contribution in [0, 0.1) is 0 Å². The summed E-state index contributed by atoms with van der Waals surface area (Å²) in [5, 5.41) is 3.37. The molecule has 0 saturated carbocycles. The quantitative estimate of drug-likeness (QED) is 0.739. The van der Waals surface area contributed by atoms with Gasteiger partial charge >= 0.3 is 0 Å². The van der Waals surface area contributed by atoms with Crippen molar-refractivity contribution in [3.05, 3.63) is 59.9 Å². The number of unbranched alkanes of at least 4 members (excludes halogenated alkanes) is 2. The Morgan fingerprint density at radius 1 is 1.00 bits per heavy atom. The third-order valence-electron chi connectivity index (χ3n) is 3.25. The molecule has 0 unspecified atom stereocenters. The van der Waals surface area contributed by atoms with Crippen LogP contribution in [0.5, 0.6) is 0 Å². The Labute approximate surface area is 115 Å². The average molecular weight is 254 g/mol. The van der Waals surface area contributed by atoms with Crippen molar-refractivity contribution in [1.29, 1.82) is 0 Å². The van der Waals surface area contributed by atoms with Gasteiger partial charge in [0, 0.05) is 18.9 Å². The minimum atomic E-state index is 0.848. The fraction of sp³-hybridized carbons (Fsp3) is 0.353. The molecule has 1 aromatic heterocycles.